The van der Waals surface area contributed by atoms with Gasteiger partial charge in [0.15, 0.2) is 0 Å². The molecular weight excluding hydrogens is 640 g/mol. The van der Waals surface area contributed by atoms with E-state index < -0.39 is 70.6 Å². The Morgan fingerprint density at radius 2 is 1.58 bits per heavy atom. The van der Waals surface area contributed by atoms with Gasteiger partial charge in [-0.25, -0.2) is 9.59 Å². The molecule has 6 atom stereocenters. The van der Waals surface area contributed by atoms with E-state index in [2.05, 4.69) is 35.1 Å². The fourth-order valence-corrected chi connectivity index (χ4v) is 7.17. The Balaban J connectivity index is 1.44. The van der Waals surface area contributed by atoms with Gasteiger partial charge in [0, 0.05) is 13.1 Å². The van der Waals surface area contributed by atoms with Crippen LogP contribution in [0.2, 0.25) is 0 Å². The number of carbonyl (C=O) groups is 6. The largest absolute Gasteiger partial charge is 0.447 e. The van der Waals surface area contributed by atoms with Crippen LogP contribution in [0.4, 0.5) is 9.59 Å². The van der Waals surface area contributed by atoms with Crippen LogP contribution in [0.25, 0.3) is 0 Å². The van der Waals surface area contributed by atoms with E-state index >= 15 is 0 Å². The maximum atomic E-state index is 14.4. The number of rotatable bonds is 13. The summed E-state index contributed by atoms with van der Waals surface area (Å²) in [4.78, 5) is 80.4. The van der Waals surface area contributed by atoms with Crippen molar-refractivity contribution < 1.29 is 33.5 Å². The molecule has 1 saturated heterocycles. The molecule has 2 saturated carbocycles. The predicted molar refractivity (Wildman–Crippen MR) is 187 cm³/mol. The average Bonchev–Trinajstić information content (AvgIpc) is 3.31. The minimum absolute atomic E-state index is 0.0593. The number of piperidine rings is 1. The van der Waals surface area contributed by atoms with Gasteiger partial charge in [-0.15, -0.1) is 0 Å². The first-order valence-electron chi connectivity index (χ1n) is 17.7. The molecule has 1 aromatic carbocycles. The van der Waals surface area contributed by atoms with Gasteiger partial charge in [0.05, 0.1) is 12.1 Å². The molecule has 0 bridgehead atoms. The molecule has 0 aromatic heterocycles. The molecule has 6 amide bonds. The average molecular weight is 697 g/mol. The third-order valence-electron chi connectivity index (χ3n) is 10.8. The monoisotopic (exact) mass is 696 g/mol. The number of fused-ring (bicyclic) bond motifs is 1. The van der Waals surface area contributed by atoms with Gasteiger partial charge in [-0.3, -0.25) is 19.2 Å². The van der Waals surface area contributed by atoms with Crippen molar-refractivity contribution in [2.75, 3.05) is 13.2 Å². The highest BCUT2D eigenvalue weighted by molar-refractivity contribution is 6.37. The summed E-state index contributed by atoms with van der Waals surface area (Å²) in [5.74, 6) is -2.74. The zero-order valence-corrected chi connectivity index (χ0v) is 30.8. The van der Waals surface area contributed by atoms with Gasteiger partial charge in [-0.05, 0) is 46.0 Å². The number of primary amides is 1. The lowest BCUT2D eigenvalue weighted by Gasteiger charge is -2.39. The Morgan fingerprint density at radius 3 is 2.12 bits per heavy atom. The van der Waals surface area contributed by atoms with Crippen LogP contribution < -0.4 is 27.0 Å². The number of nitrogens with two attached hydrogens (primary N) is 1. The predicted octanol–water partition coefficient (Wildman–Crippen LogP) is 3.25. The highest BCUT2D eigenvalue weighted by Crippen LogP contribution is 2.65. The van der Waals surface area contributed by atoms with Crippen molar-refractivity contribution in [2.24, 2.45) is 39.7 Å². The number of nitrogens with zero attached hydrogens (tertiary/aromatic N) is 1. The molecule has 1 heterocycles. The Kier molecular flexibility index (Phi) is 11.6. The van der Waals surface area contributed by atoms with E-state index in [1.165, 1.54) is 4.90 Å². The first-order chi connectivity index (χ1) is 23.2. The second-order valence-electron chi connectivity index (χ2n) is 17.0. The van der Waals surface area contributed by atoms with Gasteiger partial charge in [0.2, 0.25) is 17.6 Å². The molecular formula is C37H56N6O7. The number of hydrogen-bond acceptors (Lipinski definition) is 7. The van der Waals surface area contributed by atoms with Crippen molar-refractivity contribution in [3.05, 3.63) is 35.9 Å². The van der Waals surface area contributed by atoms with Crippen LogP contribution in [-0.2, 0) is 30.5 Å². The molecule has 0 radical (unpaired) electrons. The van der Waals surface area contributed by atoms with E-state index in [4.69, 9.17) is 10.5 Å². The molecule has 3 fully saturated rings. The summed E-state index contributed by atoms with van der Waals surface area (Å²) in [5, 5.41) is 11.2. The van der Waals surface area contributed by atoms with Crippen LogP contribution in [0, 0.1) is 34.0 Å². The molecule has 4 rings (SSSR count). The zero-order chi connectivity index (χ0) is 37.2. The number of hydrogen-bond donors (Lipinski definition) is 5. The molecule has 3 aliphatic rings. The maximum absolute atomic E-state index is 14.4. The molecule has 50 heavy (non-hydrogen) atoms. The van der Waals surface area contributed by atoms with Gasteiger partial charge >= 0.3 is 12.1 Å². The van der Waals surface area contributed by atoms with Crippen molar-refractivity contribution >= 4 is 35.6 Å². The number of alkyl carbamates (subject to hydrolysis) is 1. The SMILES string of the molecule is CC1(C)C2CN(C(=O)[C@@H](NC(=O)N[C@H](COC(=O)NCc3ccccc3)C(C)(C)C)C(C)(C)C)[C@H](C(=O)NC(CC3CCC3)C(=O)C(N)=O)C21. The fraction of sp³-hybridized carbons (Fsp3) is 0.676. The summed E-state index contributed by atoms with van der Waals surface area (Å²) >= 11 is 0. The highest BCUT2D eigenvalue weighted by Gasteiger charge is 2.70. The summed E-state index contributed by atoms with van der Waals surface area (Å²) in [5.41, 5.74) is 4.79. The van der Waals surface area contributed by atoms with Gasteiger partial charge in [-0.2, -0.15) is 0 Å². The van der Waals surface area contributed by atoms with Gasteiger partial charge in [-0.1, -0.05) is 105 Å². The molecule has 0 spiro atoms. The zero-order valence-electron chi connectivity index (χ0n) is 30.8. The first-order valence-corrected chi connectivity index (χ1v) is 17.7. The van der Waals surface area contributed by atoms with E-state index in [1.54, 1.807) is 0 Å². The topological polar surface area (TPSA) is 189 Å². The van der Waals surface area contributed by atoms with Crippen molar-refractivity contribution in [3.8, 4) is 0 Å². The Bertz CT molecular complexity index is 1450. The second-order valence-corrected chi connectivity index (χ2v) is 17.0. The molecule has 3 unspecified atom stereocenters. The van der Waals surface area contributed by atoms with E-state index in [-0.39, 0.29) is 29.8 Å². The van der Waals surface area contributed by atoms with Crippen LogP contribution in [-0.4, -0.2) is 77.8 Å². The number of benzene rings is 1. The van der Waals surface area contributed by atoms with Crippen molar-refractivity contribution in [1.29, 1.82) is 0 Å². The number of amides is 6. The minimum Gasteiger partial charge on any atom is -0.447 e. The Morgan fingerprint density at radius 1 is 0.940 bits per heavy atom. The molecule has 2 aliphatic carbocycles. The Labute approximate surface area is 295 Å². The van der Waals surface area contributed by atoms with Crippen molar-refractivity contribution in [3.63, 3.8) is 0 Å². The van der Waals surface area contributed by atoms with Crippen LogP contribution in [0.1, 0.15) is 86.6 Å². The lowest BCUT2D eigenvalue weighted by molar-refractivity contribution is -0.145. The minimum atomic E-state index is -1.10. The summed E-state index contributed by atoms with van der Waals surface area (Å²) in [6.07, 6.45) is 2.55. The third kappa shape index (κ3) is 9.14. The molecule has 1 aliphatic heterocycles. The molecule has 13 nitrogen and oxygen atoms in total. The van der Waals surface area contributed by atoms with E-state index in [9.17, 15) is 28.8 Å². The summed E-state index contributed by atoms with van der Waals surface area (Å²) < 4.78 is 5.46. The molecule has 276 valence electrons. The number of Topliss-reactive ketones (excluding diaryl/α,β-unsaturated/α-hetero) is 1. The Hall–Kier alpha value is -4.16. The lowest BCUT2D eigenvalue weighted by Crippen LogP contribution is -2.62. The van der Waals surface area contributed by atoms with Gasteiger partial charge in [0.1, 0.15) is 18.7 Å². The summed E-state index contributed by atoms with van der Waals surface area (Å²) in [6.45, 7) is 15.8. The van der Waals surface area contributed by atoms with Gasteiger partial charge < -0.3 is 36.6 Å². The van der Waals surface area contributed by atoms with E-state index in [1.807, 2.05) is 71.9 Å². The third-order valence-corrected chi connectivity index (χ3v) is 10.8. The van der Waals surface area contributed by atoms with E-state index in [0.717, 1.165) is 24.8 Å². The van der Waals surface area contributed by atoms with E-state index in [0.29, 0.717) is 19.5 Å². The number of ketones is 1. The number of likely N-dealkylation sites (tertiary alicyclic amines) is 1. The van der Waals surface area contributed by atoms with Crippen molar-refractivity contribution in [2.45, 2.75) is 112 Å². The van der Waals surface area contributed by atoms with Crippen LogP contribution in [0.3, 0.4) is 0 Å². The maximum Gasteiger partial charge on any atom is 0.407 e. The number of nitrogens with one attached hydrogen (secondary N) is 4. The summed E-state index contributed by atoms with van der Waals surface area (Å²) in [6, 6.07) is 5.22. The first kappa shape index (κ1) is 38.6. The van der Waals surface area contributed by atoms with Crippen molar-refractivity contribution in [1.82, 2.24) is 26.2 Å². The molecule has 6 N–H and O–H groups in total. The molecule has 13 heteroatoms. The fourth-order valence-electron chi connectivity index (χ4n) is 7.17. The second kappa shape index (κ2) is 15.0. The number of carbonyl (C=O) groups excluding carboxylic acids is 6. The lowest BCUT2D eigenvalue weighted by atomic mass is 9.80. The van der Waals surface area contributed by atoms with Crippen LogP contribution in [0.5, 0.6) is 0 Å². The summed E-state index contributed by atoms with van der Waals surface area (Å²) in [7, 11) is 0. The van der Waals surface area contributed by atoms with Crippen LogP contribution >= 0.6 is 0 Å². The normalized spacial score (nSPS) is 22.9. The van der Waals surface area contributed by atoms with Crippen LogP contribution in [0.15, 0.2) is 30.3 Å². The quantitative estimate of drug-likeness (QED) is 0.196. The van der Waals surface area contributed by atoms with Gasteiger partial charge in [0.25, 0.3) is 5.91 Å². The number of urea groups is 1. The standard InChI is InChI=1S/C37H56N6O7/c1-35(2,3)25(20-50-34(49)39-18-22-13-10-9-11-14-22)41-33(48)42-29(36(4,5)6)32(47)43-19-23-26(37(23,7)8)27(43)31(46)40-24(28(44)30(38)45)17-21-15-12-16-21/h9-11,13-14,21,23-27,29H,12,15-20H2,1-8H3,(H2,38,45)(H,39,49)(H,40,46)(H2,41,42,48)/t23?,24?,25-,26?,27+,29-/m1/s1. The highest BCUT2D eigenvalue weighted by atomic mass is 16.5. The molecule has 1 aromatic rings. The number of ether oxygens (including phenoxy) is 1. The smallest absolute Gasteiger partial charge is 0.407 e.